The van der Waals surface area contributed by atoms with Crippen molar-refractivity contribution in [3.8, 4) is 0 Å². The molecule has 0 saturated carbocycles. The normalized spacial score (nSPS) is 33.1. The van der Waals surface area contributed by atoms with Crippen LogP contribution in [0.2, 0.25) is 0 Å². The van der Waals surface area contributed by atoms with Gasteiger partial charge in [0.15, 0.2) is 0 Å². The van der Waals surface area contributed by atoms with Gasteiger partial charge in [-0.3, -0.25) is 4.90 Å². The zero-order valence-corrected chi connectivity index (χ0v) is 11.2. The highest BCUT2D eigenvalue weighted by Gasteiger charge is 2.39. The van der Waals surface area contributed by atoms with Crippen molar-refractivity contribution in [3.05, 3.63) is 16.6 Å². The molecule has 1 N–H and O–H groups in total. The van der Waals surface area contributed by atoms with Crippen molar-refractivity contribution in [1.29, 1.82) is 0 Å². The summed E-state index contributed by atoms with van der Waals surface area (Å²) >= 11 is 1.71. The molecule has 2 fully saturated rings. The summed E-state index contributed by atoms with van der Waals surface area (Å²) in [6.45, 7) is 1.20. The third-order valence-corrected chi connectivity index (χ3v) is 5.04. The molecule has 2 bridgehead atoms. The van der Waals surface area contributed by atoms with Crippen LogP contribution in [0, 0.1) is 0 Å². The van der Waals surface area contributed by atoms with Gasteiger partial charge in [-0.1, -0.05) is 0 Å². The summed E-state index contributed by atoms with van der Waals surface area (Å²) in [5.74, 6) is 0. The van der Waals surface area contributed by atoms with E-state index in [0.717, 1.165) is 24.5 Å². The van der Waals surface area contributed by atoms with E-state index < -0.39 is 0 Å². The average Bonchev–Trinajstić information content (AvgIpc) is 2.93. The van der Waals surface area contributed by atoms with E-state index in [9.17, 15) is 0 Å². The molecule has 2 aliphatic heterocycles. The number of nitrogens with zero attached hydrogens (tertiary/aromatic N) is 2. The number of thiazole rings is 1. The van der Waals surface area contributed by atoms with Crippen molar-refractivity contribution < 1.29 is 0 Å². The lowest BCUT2D eigenvalue weighted by Gasteiger charge is -2.38. The van der Waals surface area contributed by atoms with Gasteiger partial charge in [-0.2, -0.15) is 0 Å². The van der Waals surface area contributed by atoms with Crippen molar-refractivity contribution in [2.45, 2.75) is 50.2 Å². The summed E-state index contributed by atoms with van der Waals surface area (Å²) in [6.07, 6.45) is 6.61. The number of rotatable bonds is 4. The van der Waals surface area contributed by atoms with Gasteiger partial charge in [-0.05, 0) is 32.7 Å². The molecule has 3 heterocycles. The molecular weight excluding hydrogens is 230 g/mol. The molecule has 2 aliphatic rings. The largest absolute Gasteiger partial charge is 0.317 e. The van der Waals surface area contributed by atoms with Crippen LogP contribution in [-0.2, 0) is 6.42 Å². The van der Waals surface area contributed by atoms with Crippen LogP contribution in [0.5, 0.6) is 0 Å². The number of nitrogens with one attached hydrogen (secondary N) is 1. The maximum atomic E-state index is 4.38. The van der Waals surface area contributed by atoms with E-state index in [1.165, 1.54) is 37.9 Å². The second-order valence-electron chi connectivity index (χ2n) is 5.31. The van der Waals surface area contributed by atoms with Crippen LogP contribution in [0.1, 0.15) is 31.4 Å². The Bertz CT molecular complexity index is 338. The van der Waals surface area contributed by atoms with E-state index in [4.69, 9.17) is 0 Å². The Balaban J connectivity index is 1.58. The lowest BCUT2D eigenvalue weighted by atomic mass is 9.97. The maximum absolute atomic E-state index is 4.38. The minimum Gasteiger partial charge on any atom is -0.317 e. The first-order valence-electron chi connectivity index (χ1n) is 6.67. The van der Waals surface area contributed by atoms with Gasteiger partial charge < -0.3 is 5.32 Å². The molecule has 3 nitrogen and oxygen atoms in total. The zero-order chi connectivity index (χ0) is 11.7. The molecule has 1 aromatic heterocycles. The van der Waals surface area contributed by atoms with Gasteiger partial charge in [0.2, 0.25) is 0 Å². The zero-order valence-electron chi connectivity index (χ0n) is 10.4. The van der Waals surface area contributed by atoms with Crippen molar-refractivity contribution in [2.24, 2.45) is 0 Å². The smallest absolute Gasteiger partial charge is 0.0794 e. The number of piperidine rings is 1. The molecule has 3 rings (SSSR count). The van der Waals surface area contributed by atoms with Crippen LogP contribution in [0.4, 0.5) is 0 Å². The molecule has 2 saturated heterocycles. The van der Waals surface area contributed by atoms with Crippen molar-refractivity contribution in [2.75, 3.05) is 13.6 Å². The predicted octanol–water partition coefficient (Wildman–Crippen LogP) is 1.90. The Hall–Kier alpha value is -0.450. The summed E-state index contributed by atoms with van der Waals surface area (Å²) in [5.41, 5.74) is 3.21. The predicted molar refractivity (Wildman–Crippen MR) is 71.4 cm³/mol. The molecular formula is C13H21N3S. The summed E-state index contributed by atoms with van der Waals surface area (Å²) in [4.78, 5) is 7.12. The van der Waals surface area contributed by atoms with Crippen LogP contribution < -0.4 is 5.32 Å². The summed E-state index contributed by atoms with van der Waals surface area (Å²) in [5, 5.41) is 5.64. The van der Waals surface area contributed by atoms with Crippen LogP contribution in [0.25, 0.3) is 0 Å². The first-order chi connectivity index (χ1) is 8.36. The number of hydrogen-bond donors (Lipinski definition) is 1. The monoisotopic (exact) mass is 251 g/mol. The van der Waals surface area contributed by atoms with Crippen LogP contribution in [0.3, 0.4) is 0 Å². The van der Waals surface area contributed by atoms with E-state index in [1.807, 2.05) is 5.51 Å². The second kappa shape index (κ2) is 5.04. The van der Waals surface area contributed by atoms with E-state index in [-0.39, 0.29) is 0 Å². The quantitative estimate of drug-likeness (QED) is 0.886. The molecule has 2 atom stereocenters. The molecule has 0 spiro atoms. The highest BCUT2D eigenvalue weighted by atomic mass is 32.1. The van der Waals surface area contributed by atoms with Gasteiger partial charge in [0.05, 0.1) is 11.2 Å². The first-order valence-corrected chi connectivity index (χ1v) is 7.61. The van der Waals surface area contributed by atoms with Crippen LogP contribution in [-0.4, -0.2) is 41.6 Å². The number of hydrogen-bond acceptors (Lipinski definition) is 4. The minimum absolute atomic E-state index is 0.753. The lowest BCUT2D eigenvalue weighted by Crippen LogP contribution is -2.48. The molecule has 0 aromatic carbocycles. The Morgan fingerprint density at radius 2 is 2.18 bits per heavy atom. The van der Waals surface area contributed by atoms with Gasteiger partial charge in [0, 0.05) is 36.5 Å². The van der Waals surface area contributed by atoms with Crippen LogP contribution in [0.15, 0.2) is 10.9 Å². The van der Waals surface area contributed by atoms with E-state index in [2.05, 4.69) is 27.6 Å². The lowest BCUT2D eigenvalue weighted by molar-refractivity contribution is 0.120. The third-order valence-electron chi connectivity index (χ3n) is 4.40. The summed E-state index contributed by atoms with van der Waals surface area (Å²) < 4.78 is 0. The first kappa shape index (κ1) is 11.6. The summed E-state index contributed by atoms with van der Waals surface area (Å²) in [6, 6.07) is 2.40. The number of aromatic nitrogens is 1. The van der Waals surface area contributed by atoms with E-state index in [0.29, 0.717) is 0 Å². The van der Waals surface area contributed by atoms with Gasteiger partial charge in [-0.25, -0.2) is 4.98 Å². The minimum atomic E-state index is 0.753. The Kier molecular flexibility index (Phi) is 3.45. The maximum Gasteiger partial charge on any atom is 0.0794 e. The van der Waals surface area contributed by atoms with E-state index >= 15 is 0 Å². The Morgan fingerprint density at radius 1 is 1.41 bits per heavy atom. The Morgan fingerprint density at radius 3 is 2.76 bits per heavy atom. The van der Waals surface area contributed by atoms with Crippen molar-refractivity contribution in [1.82, 2.24) is 15.2 Å². The molecule has 2 unspecified atom stereocenters. The van der Waals surface area contributed by atoms with Crippen molar-refractivity contribution >= 4 is 11.3 Å². The second-order valence-corrected chi connectivity index (χ2v) is 6.03. The van der Waals surface area contributed by atoms with Gasteiger partial charge in [-0.15, -0.1) is 11.3 Å². The topological polar surface area (TPSA) is 28.2 Å². The summed E-state index contributed by atoms with van der Waals surface area (Å²) in [7, 11) is 2.11. The molecule has 0 radical (unpaired) electrons. The molecule has 94 valence electrons. The van der Waals surface area contributed by atoms with Gasteiger partial charge >= 0.3 is 0 Å². The molecule has 0 amide bonds. The van der Waals surface area contributed by atoms with Crippen molar-refractivity contribution in [3.63, 3.8) is 0 Å². The molecule has 0 aliphatic carbocycles. The van der Waals surface area contributed by atoms with E-state index in [1.54, 1.807) is 11.3 Å². The standard InChI is InChI=1S/C13H21N3S/c1-14-11-6-12-2-3-13(7-11)16(12)5-4-10-8-17-9-15-10/h8-9,11-14H,2-7H2,1H3. The van der Waals surface area contributed by atoms with Crippen LogP contribution >= 0.6 is 11.3 Å². The van der Waals surface area contributed by atoms with Gasteiger partial charge in [0.1, 0.15) is 0 Å². The fraction of sp³-hybridized carbons (Fsp3) is 0.769. The third kappa shape index (κ3) is 2.39. The van der Waals surface area contributed by atoms with Gasteiger partial charge in [0.25, 0.3) is 0 Å². The molecule has 17 heavy (non-hydrogen) atoms. The molecule has 4 heteroatoms. The fourth-order valence-electron chi connectivity index (χ4n) is 3.48. The fourth-order valence-corrected chi connectivity index (χ4v) is 4.07. The average molecular weight is 251 g/mol. The highest BCUT2D eigenvalue weighted by molar-refractivity contribution is 7.07. The highest BCUT2D eigenvalue weighted by Crippen LogP contribution is 2.35. The molecule has 1 aromatic rings. The Labute approximate surface area is 107 Å². The number of fused-ring (bicyclic) bond motifs is 2. The SMILES string of the molecule is CNC1CC2CCC(C1)N2CCc1cscn1.